The number of furan rings is 1. The smallest absolute Gasteiger partial charge is 0.220 e. The van der Waals surface area contributed by atoms with E-state index < -0.39 is 0 Å². The third kappa shape index (κ3) is 1.63. The summed E-state index contributed by atoms with van der Waals surface area (Å²) >= 11 is 3.34. The molecule has 0 fully saturated rings. The lowest BCUT2D eigenvalue weighted by molar-refractivity contribution is 0.577. The van der Waals surface area contributed by atoms with Crippen molar-refractivity contribution in [2.45, 2.75) is 6.92 Å². The molecule has 0 saturated heterocycles. The highest BCUT2D eigenvalue weighted by Gasteiger charge is 2.09. The lowest BCUT2D eigenvalue weighted by Gasteiger charge is -1.99. The summed E-state index contributed by atoms with van der Waals surface area (Å²) in [6.07, 6.45) is 3.27. The maximum absolute atomic E-state index is 5.49. The van der Waals surface area contributed by atoms with E-state index in [1.807, 2.05) is 13.0 Å². The van der Waals surface area contributed by atoms with Crippen LogP contribution in [0.15, 0.2) is 27.4 Å². The summed E-state index contributed by atoms with van der Waals surface area (Å²) in [6.45, 7) is 1.95. The lowest BCUT2D eigenvalue weighted by Crippen LogP contribution is -1.95. The average Bonchev–Trinajstić information content (AvgIpc) is 2.56. The fourth-order valence-electron chi connectivity index (χ4n) is 1.11. The van der Waals surface area contributed by atoms with Gasteiger partial charge in [0.15, 0.2) is 5.76 Å². The van der Waals surface area contributed by atoms with Gasteiger partial charge in [-0.05, 0) is 34.5 Å². The first-order valence-electron chi connectivity index (χ1n) is 4.00. The molecule has 2 N–H and O–H groups in total. The van der Waals surface area contributed by atoms with Crippen molar-refractivity contribution in [3.8, 4) is 11.5 Å². The maximum Gasteiger partial charge on any atom is 0.220 e. The van der Waals surface area contributed by atoms with Crippen molar-refractivity contribution in [3.05, 3.63) is 28.6 Å². The predicted octanol–water partition coefficient (Wildman–Crippen LogP) is 2.39. The highest BCUT2D eigenvalue weighted by Crippen LogP contribution is 2.27. The molecule has 2 rings (SSSR count). The Labute approximate surface area is 89.3 Å². The quantitative estimate of drug-likeness (QED) is 0.848. The highest BCUT2D eigenvalue weighted by molar-refractivity contribution is 9.10. The van der Waals surface area contributed by atoms with Crippen molar-refractivity contribution in [2.75, 3.05) is 5.73 Å². The van der Waals surface area contributed by atoms with Crippen LogP contribution in [0.5, 0.6) is 0 Å². The monoisotopic (exact) mass is 253 g/mol. The summed E-state index contributed by atoms with van der Waals surface area (Å²) in [6, 6.07) is 1.90. The Morgan fingerprint density at radius 1 is 1.50 bits per heavy atom. The van der Waals surface area contributed by atoms with Crippen molar-refractivity contribution in [3.63, 3.8) is 0 Å². The molecule has 0 radical (unpaired) electrons. The van der Waals surface area contributed by atoms with Gasteiger partial charge in [0.1, 0.15) is 5.69 Å². The molecule has 0 aromatic carbocycles. The van der Waals surface area contributed by atoms with E-state index in [4.69, 9.17) is 10.2 Å². The summed E-state index contributed by atoms with van der Waals surface area (Å²) < 4.78 is 6.08. The molecule has 0 unspecified atom stereocenters. The Morgan fingerprint density at radius 3 is 2.93 bits per heavy atom. The number of hydrogen-bond acceptors (Lipinski definition) is 4. The van der Waals surface area contributed by atoms with E-state index in [0.717, 1.165) is 10.0 Å². The molecule has 0 aliphatic rings. The second kappa shape index (κ2) is 3.42. The van der Waals surface area contributed by atoms with Crippen LogP contribution >= 0.6 is 15.9 Å². The fourth-order valence-corrected chi connectivity index (χ4v) is 1.50. The molecule has 2 aromatic heterocycles. The number of nitrogens with zero attached hydrogens (tertiary/aromatic N) is 2. The SMILES string of the molecule is Cc1coc(-c2nc(N)ncc2Br)c1. The topological polar surface area (TPSA) is 64.9 Å². The Morgan fingerprint density at radius 2 is 2.29 bits per heavy atom. The van der Waals surface area contributed by atoms with Gasteiger partial charge in [0, 0.05) is 6.20 Å². The Hall–Kier alpha value is -1.36. The fraction of sp³-hybridized carbons (Fsp3) is 0.111. The molecule has 0 aliphatic heterocycles. The Bertz CT molecular complexity index is 467. The van der Waals surface area contributed by atoms with Gasteiger partial charge in [0.2, 0.25) is 5.95 Å². The highest BCUT2D eigenvalue weighted by atomic mass is 79.9. The maximum atomic E-state index is 5.49. The van der Waals surface area contributed by atoms with Gasteiger partial charge in [0.25, 0.3) is 0 Å². The van der Waals surface area contributed by atoms with Crippen molar-refractivity contribution in [1.82, 2.24) is 9.97 Å². The standard InChI is InChI=1S/C9H8BrN3O/c1-5-2-7(14-4-5)8-6(10)3-12-9(11)13-8/h2-4H,1H3,(H2,11,12,13). The molecule has 0 aliphatic carbocycles. The second-order valence-electron chi connectivity index (χ2n) is 2.91. The van der Waals surface area contributed by atoms with Gasteiger partial charge >= 0.3 is 0 Å². The van der Waals surface area contributed by atoms with Gasteiger partial charge in [-0.1, -0.05) is 0 Å². The molecule has 0 amide bonds. The van der Waals surface area contributed by atoms with Crippen molar-refractivity contribution >= 4 is 21.9 Å². The van der Waals surface area contributed by atoms with E-state index in [1.165, 1.54) is 0 Å². The molecule has 0 spiro atoms. The largest absolute Gasteiger partial charge is 0.462 e. The number of aryl methyl sites for hydroxylation is 1. The van der Waals surface area contributed by atoms with Crippen LogP contribution in [0.4, 0.5) is 5.95 Å². The van der Waals surface area contributed by atoms with E-state index in [9.17, 15) is 0 Å². The number of rotatable bonds is 1. The van der Waals surface area contributed by atoms with Crippen molar-refractivity contribution < 1.29 is 4.42 Å². The molecule has 72 valence electrons. The summed E-state index contributed by atoms with van der Waals surface area (Å²) in [5.41, 5.74) is 7.20. The molecular weight excluding hydrogens is 246 g/mol. The minimum atomic E-state index is 0.234. The predicted molar refractivity (Wildman–Crippen MR) is 56.6 cm³/mol. The molecule has 4 nitrogen and oxygen atoms in total. The van der Waals surface area contributed by atoms with Crippen LogP contribution < -0.4 is 5.73 Å². The van der Waals surface area contributed by atoms with Gasteiger partial charge in [0.05, 0.1) is 10.7 Å². The number of aromatic nitrogens is 2. The van der Waals surface area contributed by atoms with Crippen LogP contribution in [0.2, 0.25) is 0 Å². The van der Waals surface area contributed by atoms with Crippen LogP contribution in [-0.4, -0.2) is 9.97 Å². The average molecular weight is 254 g/mol. The third-order valence-electron chi connectivity index (χ3n) is 1.73. The van der Waals surface area contributed by atoms with Gasteiger partial charge in [-0.25, -0.2) is 9.97 Å². The third-order valence-corrected chi connectivity index (χ3v) is 2.31. The minimum absolute atomic E-state index is 0.234. The first kappa shape index (κ1) is 9.21. The van der Waals surface area contributed by atoms with E-state index in [-0.39, 0.29) is 5.95 Å². The van der Waals surface area contributed by atoms with Gasteiger partial charge in [-0.15, -0.1) is 0 Å². The zero-order valence-electron chi connectivity index (χ0n) is 7.49. The van der Waals surface area contributed by atoms with E-state index in [0.29, 0.717) is 11.5 Å². The zero-order chi connectivity index (χ0) is 10.1. The Balaban J connectivity index is 2.55. The zero-order valence-corrected chi connectivity index (χ0v) is 9.08. The van der Waals surface area contributed by atoms with Crippen molar-refractivity contribution in [1.29, 1.82) is 0 Å². The van der Waals surface area contributed by atoms with Crippen LogP contribution in [-0.2, 0) is 0 Å². The number of nitrogens with two attached hydrogens (primary N) is 1. The second-order valence-corrected chi connectivity index (χ2v) is 3.77. The van der Waals surface area contributed by atoms with E-state index >= 15 is 0 Å². The van der Waals surface area contributed by atoms with Gasteiger partial charge < -0.3 is 10.2 Å². The summed E-state index contributed by atoms with van der Waals surface area (Å²) in [5.74, 6) is 0.917. The van der Waals surface area contributed by atoms with E-state index in [1.54, 1.807) is 12.5 Å². The number of nitrogen functional groups attached to an aromatic ring is 1. The van der Waals surface area contributed by atoms with Gasteiger partial charge in [-0.2, -0.15) is 0 Å². The Kier molecular flexibility index (Phi) is 2.25. The van der Waals surface area contributed by atoms with Crippen molar-refractivity contribution in [2.24, 2.45) is 0 Å². The summed E-state index contributed by atoms with van der Waals surface area (Å²) in [4.78, 5) is 7.93. The molecule has 2 aromatic rings. The van der Waals surface area contributed by atoms with Crippen LogP contribution in [0.25, 0.3) is 11.5 Å². The van der Waals surface area contributed by atoms with Gasteiger partial charge in [-0.3, -0.25) is 0 Å². The van der Waals surface area contributed by atoms with Crippen LogP contribution in [0.3, 0.4) is 0 Å². The normalized spacial score (nSPS) is 10.4. The lowest BCUT2D eigenvalue weighted by atomic mass is 10.3. The minimum Gasteiger partial charge on any atom is -0.462 e. The summed E-state index contributed by atoms with van der Waals surface area (Å²) in [5, 5.41) is 0. The number of anilines is 1. The first-order valence-corrected chi connectivity index (χ1v) is 4.79. The molecule has 0 bridgehead atoms. The molecular formula is C9H8BrN3O. The van der Waals surface area contributed by atoms with E-state index in [2.05, 4.69) is 25.9 Å². The molecule has 5 heteroatoms. The number of halogens is 1. The summed E-state index contributed by atoms with van der Waals surface area (Å²) in [7, 11) is 0. The molecule has 14 heavy (non-hydrogen) atoms. The molecule has 0 atom stereocenters. The van der Waals surface area contributed by atoms with Crippen LogP contribution in [0.1, 0.15) is 5.56 Å². The van der Waals surface area contributed by atoms with Crippen LogP contribution in [0, 0.1) is 6.92 Å². The first-order chi connectivity index (χ1) is 6.66. The number of hydrogen-bond donors (Lipinski definition) is 1. The molecule has 0 saturated carbocycles. The molecule has 2 heterocycles.